The second-order valence-corrected chi connectivity index (χ2v) is 5.04. The van der Waals surface area contributed by atoms with Crippen LogP contribution >= 0.6 is 0 Å². The van der Waals surface area contributed by atoms with Crippen LogP contribution in [-0.2, 0) is 9.53 Å². The molecule has 1 heterocycles. The molecule has 1 N–H and O–H groups in total. The maximum atomic E-state index is 11.7. The van der Waals surface area contributed by atoms with Gasteiger partial charge in [-0.2, -0.15) is 0 Å². The van der Waals surface area contributed by atoms with Crippen molar-refractivity contribution in [3.05, 3.63) is 0 Å². The Morgan fingerprint density at radius 2 is 2.12 bits per heavy atom. The minimum Gasteiger partial charge on any atom is -0.444 e. The Bertz CT molecular complexity index is 283. The zero-order chi connectivity index (χ0) is 12.3. The smallest absolute Gasteiger partial charge is 0.410 e. The van der Waals surface area contributed by atoms with E-state index in [1.807, 2.05) is 0 Å². The van der Waals surface area contributed by atoms with E-state index in [0.29, 0.717) is 13.0 Å². The first-order chi connectivity index (χ1) is 7.31. The van der Waals surface area contributed by atoms with Crippen molar-refractivity contribution in [2.75, 3.05) is 13.6 Å². The molecule has 0 aromatic heterocycles. The molecular formula is C11H20N2O3. The molecule has 0 aliphatic carbocycles. The average Bonchev–Trinajstić information content (AvgIpc) is 2.15. The number of nitrogens with zero attached hydrogens (tertiary/aromatic N) is 1. The summed E-state index contributed by atoms with van der Waals surface area (Å²) in [7, 11) is 1.60. The van der Waals surface area contributed by atoms with Crippen molar-refractivity contribution in [1.29, 1.82) is 0 Å². The van der Waals surface area contributed by atoms with Gasteiger partial charge < -0.3 is 10.1 Å². The van der Waals surface area contributed by atoms with Crippen molar-refractivity contribution in [2.24, 2.45) is 0 Å². The van der Waals surface area contributed by atoms with Crippen molar-refractivity contribution < 1.29 is 14.3 Å². The number of amides is 2. The lowest BCUT2D eigenvalue weighted by Gasteiger charge is -2.32. The fourth-order valence-electron chi connectivity index (χ4n) is 1.59. The van der Waals surface area contributed by atoms with Gasteiger partial charge in [-0.1, -0.05) is 0 Å². The molecule has 1 atom stereocenters. The zero-order valence-corrected chi connectivity index (χ0v) is 10.4. The number of nitrogens with one attached hydrogen (secondary N) is 1. The summed E-state index contributed by atoms with van der Waals surface area (Å²) in [4.78, 5) is 24.6. The zero-order valence-electron chi connectivity index (χ0n) is 10.4. The molecule has 0 aromatic carbocycles. The molecular weight excluding hydrogens is 208 g/mol. The molecule has 92 valence electrons. The minimum absolute atomic E-state index is 0.0976. The Kier molecular flexibility index (Phi) is 3.78. The molecule has 0 unspecified atom stereocenters. The van der Waals surface area contributed by atoms with Gasteiger partial charge in [0, 0.05) is 13.6 Å². The van der Waals surface area contributed by atoms with Crippen molar-refractivity contribution in [2.45, 2.75) is 45.3 Å². The second kappa shape index (κ2) is 4.72. The van der Waals surface area contributed by atoms with Crippen LogP contribution in [-0.4, -0.2) is 42.1 Å². The van der Waals surface area contributed by atoms with Crippen molar-refractivity contribution in [3.8, 4) is 0 Å². The maximum absolute atomic E-state index is 11.7. The summed E-state index contributed by atoms with van der Waals surface area (Å²) in [5.74, 6) is -0.0976. The summed E-state index contributed by atoms with van der Waals surface area (Å²) < 4.78 is 5.21. The van der Waals surface area contributed by atoms with Crippen LogP contribution in [0, 0.1) is 0 Å². The molecule has 5 nitrogen and oxygen atoms in total. The summed E-state index contributed by atoms with van der Waals surface area (Å²) in [6, 6.07) is -0.399. The van der Waals surface area contributed by atoms with E-state index in [9.17, 15) is 9.59 Å². The van der Waals surface area contributed by atoms with E-state index in [-0.39, 0.29) is 5.91 Å². The fourth-order valence-corrected chi connectivity index (χ4v) is 1.59. The summed E-state index contributed by atoms with van der Waals surface area (Å²) >= 11 is 0. The molecule has 5 heteroatoms. The SMILES string of the molecule is CN(C(=O)OC(C)(C)C)[C@@H]1CCCNC1=O. The average molecular weight is 228 g/mol. The number of carbonyl (C=O) groups is 2. The third-order valence-electron chi connectivity index (χ3n) is 2.41. The highest BCUT2D eigenvalue weighted by Gasteiger charge is 2.31. The number of piperidine rings is 1. The van der Waals surface area contributed by atoms with E-state index < -0.39 is 17.7 Å². The van der Waals surface area contributed by atoms with Gasteiger partial charge in [0.2, 0.25) is 5.91 Å². The summed E-state index contributed by atoms with van der Waals surface area (Å²) in [5, 5.41) is 2.74. The van der Waals surface area contributed by atoms with Crippen LogP contribution in [0.25, 0.3) is 0 Å². The minimum atomic E-state index is -0.531. The Morgan fingerprint density at radius 3 is 2.62 bits per heavy atom. The first-order valence-electron chi connectivity index (χ1n) is 5.55. The largest absolute Gasteiger partial charge is 0.444 e. The van der Waals surface area contributed by atoms with E-state index in [4.69, 9.17) is 4.74 Å². The molecule has 16 heavy (non-hydrogen) atoms. The summed E-state index contributed by atoms with van der Waals surface area (Å²) in [6.07, 6.45) is 1.14. The fraction of sp³-hybridized carbons (Fsp3) is 0.818. The van der Waals surface area contributed by atoms with Gasteiger partial charge in [-0.25, -0.2) is 4.79 Å². The van der Waals surface area contributed by atoms with Gasteiger partial charge in [0.05, 0.1) is 0 Å². The molecule has 1 fully saturated rings. The molecule has 0 aromatic rings. The Balaban J connectivity index is 2.59. The molecule has 0 bridgehead atoms. The van der Waals surface area contributed by atoms with Gasteiger partial charge in [0.15, 0.2) is 0 Å². The second-order valence-electron chi connectivity index (χ2n) is 5.04. The highest BCUT2D eigenvalue weighted by atomic mass is 16.6. The van der Waals surface area contributed by atoms with Gasteiger partial charge in [0.1, 0.15) is 11.6 Å². The van der Waals surface area contributed by atoms with Gasteiger partial charge >= 0.3 is 6.09 Å². The molecule has 0 spiro atoms. The highest BCUT2D eigenvalue weighted by Crippen LogP contribution is 2.14. The lowest BCUT2D eigenvalue weighted by Crippen LogP contribution is -2.51. The van der Waals surface area contributed by atoms with Crippen LogP contribution in [0.3, 0.4) is 0 Å². The quantitative estimate of drug-likeness (QED) is 0.732. The number of carbonyl (C=O) groups excluding carboxylic acids is 2. The van der Waals surface area contributed by atoms with Gasteiger partial charge in [0.25, 0.3) is 0 Å². The highest BCUT2D eigenvalue weighted by molar-refractivity contribution is 5.86. The van der Waals surface area contributed by atoms with E-state index in [0.717, 1.165) is 6.42 Å². The van der Waals surface area contributed by atoms with E-state index in [1.165, 1.54) is 4.90 Å². The predicted octanol–water partition coefficient (Wildman–Crippen LogP) is 1.13. The van der Waals surface area contributed by atoms with Gasteiger partial charge in [-0.15, -0.1) is 0 Å². The lowest BCUT2D eigenvalue weighted by molar-refractivity contribution is -0.127. The van der Waals surface area contributed by atoms with Crippen LogP contribution in [0.2, 0.25) is 0 Å². The van der Waals surface area contributed by atoms with Crippen LogP contribution in [0.15, 0.2) is 0 Å². The van der Waals surface area contributed by atoms with E-state index >= 15 is 0 Å². The monoisotopic (exact) mass is 228 g/mol. The van der Waals surface area contributed by atoms with Gasteiger partial charge in [-0.05, 0) is 33.6 Å². The van der Waals surface area contributed by atoms with Crippen molar-refractivity contribution >= 4 is 12.0 Å². The molecule has 0 saturated carbocycles. The van der Waals surface area contributed by atoms with Crippen molar-refractivity contribution in [3.63, 3.8) is 0 Å². The lowest BCUT2D eigenvalue weighted by atomic mass is 10.1. The third kappa shape index (κ3) is 3.40. The summed E-state index contributed by atoms with van der Waals surface area (Å²) in [5.41, 5.74) is -0.531. The Labute approximate surface area is 96.1 Å². The van der Waals surface area contributed by atoms with Gasteiger partial charge in [-0.3, -0.25) is 9.69 Å². The number of ether oxygens (including phenoxy) is 1. The number of hydrogen-bond donors (Lipinski definition) is 1. The Hall–Kier alpha value is -1.26. The normalized spacial score (nSPS) is 21.2. The number of hydrogen-bond acceptors (Lipinski definition) is 3. The third-order valence-corrected chi connectivity index (χ3v) is 2.41. The maximum Gasteiger partial charge on any atom is 0.410 e. The molecule has 0 radical (unpaired) electrons. The van der Waals surface area contributed by atoms with Crippen LogP contribution < -0.4 is 5.32 Å². The Morgan fingerprint density at radius 1 is 1.50 bits per heavy atom. The van der Waals surface area contributed by atoms with Crippen LogP contribution in [0.1, 0.15) is 33.6 Å². The predicted molar refractivity (Wildman–Crippen MR) is 60.0 cm³/mol. The molecule has 1 rings (SSSR count). The summed E-state index contributed by atoms with van der Waals surface area (Å²) in [6.45, 7) is 6.11. The van der Waals surface area contributed by atoms with E-state index in [1.54, 1.807) is 27.8 Å². The van der Waals surface area contributed by atoms with E-state index in [2.05, 4.69) is 5.32 Å². The number of rotatable bonds is 1. The molecule has 2 amide bonds. The first kappa shape index (κ1) is 12.8. The first-order valence-corrected chi connectivity index (χ1v) is 5.55. The molecule has 1 aliphatic rings. The standard InChI is InChI=1S/C11H20N2O3/c1-11(2,3)16-10(15)13(4)8-6-5-7-12-9(8)14/h8H,5-7H2,1-4H3,(H,12,14)/t8-/m1/s1. The van der Waals surface area contributed by atoms with Crippen LogP contribution in [0.5, 0.6) is 0 Å². The molecule has 1 saturated heterocycles. The van der Waals surface area contributed by atoms with Crippen molar-refractivity contribution in [1.82, 2.24) is 10.2 Å². The topological polar surface area (TPSA) is 58.6 Å². The molecule has 1 aliphatic heterocycles. The number of likely N-dealkylation sites (N-methyl/N-ethyl adjacent to an activating group) is 1. The van der Waals surface area contributed by atoms with Crippen LogP contribution in [0.4, 0.5) is 4.79 Å².